The number of phenolic OH excluding ortho intramolecular Hbond substituents is 1. The monoisotopic (exact) mass is 472 g/mol. The molecule has 1 aliphatic rings. The van der Waals surface area contributed by atoms with Gasteiger partial charge in [0.25, 0.3) is 5.78 Å². The number of hydrogen-bond donors (Lipinski definition) is 2. The number of rotatable bonds is 4. The molecule has 0 aliphatic carbocycles. The quantitative estimate of drug-likeness (QED) is 0.248. The SMILES string of the molecule is COc1ccc(/C(O)=C2\C(=O)C(=O)N(c3nc4ccc(C)cc4s3)C2c2cccc(O)c2)cc1. The summed E-state index contributed by atoms with van der Waals surface area (Å²) in [5, 5.41) is 21.6. The zero-order valence-corrected chi connectivity index (χ0v) is 19.2. The number of aromatic hydroxyl groups is 1. The second-order valence-corrected chi connectivity index (χ2v) is 8.97. The molecule has 1 unspecified atom stereocenters. The number of carbonyl (C=O) groups is 2. The van der Waals surface area contributed by atoms with Gasteiger partial charge in [-0.15, -0.1) is 0 Å². The molecule has 1 fully saturated rings. The van der Waals surface area contributed by atoms with E-state index in [1.165, 1.54) is 35.5 Å². The van der Waals surface area contributed by atoms with Crippen LogP contribution in [0.4, 0.5) is 5.13 Å². The van der Waals surface area contributed by atoms with Crippen LogP contribution in [0.1, 0.15) is 22.7 Å². The number of amides is 1. The Morgan fingerprint density at radius 2 is 1.82 bits per heavy atom. The van der Waals surface area contributed by atoms with E-state index in [-0.39, 0.29) is 17.1 Å². The summed E-state index contributed by atoms with van der Waals surface area (Å²) in [5.41, 5.74) is 2.52. The molecule has 3 aromatic carbocycles. The highest BCUT2D eigenvalue weighted by molar-refractivity contribution is 7.22. The van der Waals surface area contributed by atoms with E-state index in [1.807, 2.05) is 25.1 Å². The second-order valence-electron chi connectivity index (χ2n) is 7.96. The van der Waals surface area contributed by atoms with Crippen molar-refractivity contribution in [3.05, 3.63) is 89.0 Å². The fourth-order valence-electron chi connectivity index (χ4n) is 4.07. The molecule has 8 heteroatoms. The number of aromatic nitrogens is 1. The Labute approximate surface area is 199 Å². The van der Waals surface area contributed by atoms with Crippen LogP contribution in [-0.4, -0.2) is 34.0 Å². The smallest absolute Gasteiger partial charge is 0.301 e. The molecule has 34 heavy (non-hydrogen) atoms. The fraction of sp³-hybridized carbons (Fsp3) is 0.115. The molecule has 0 saturated carbocycles. The molecule has 1 aromatic heterocycles. The van der Waals surface area contributed by atoms with Crippen LogP contribution < -0.4 is 9.64 Å². The van der Waals surface area contributed by atoms with Crippen LogP contribution in [0, 0.1) is 6.92 Å². The predicted molar refractivity (Wildman–Crippen MR) is 130 cm³/mol. The number of aryl methyl sites for hydroxylation is 1. The van der Waals surface area contributed by atoms with Crippen molar-refractivity contribution in [1.29, 1.82) is 0 Å². The van der Waals surface area contributed by atoms with E-state index in [0.29, 0.717) is 27.5 Å². The minimum atomic E-state index is -0.962. The maximum atomic E-state index is 13.3. The lowest BCUT2D eigenvalue weighted by atomic mass is 9.95. The van der Waals surface area contributed by atoms with Crippen molar-refractivity contribution in [2.45, 2.75) is 13.0 Å². The predicted octanol–water partition coefficient (Wildman–Crippen LogP) is 4.95. The summed E-state index contributed by atoms with van der Waals surface area (Å²) >= 11 is 1.29. The lowest BCUT2D eigenvalue weighted by Crippen LogP contribution is -2.29. The Balaban J connectivity index is 1.72. The van der Waals surface area contributed by atoms with Crippen molar-refractivity contribution in [1.82, 2.24) is 4.98 Å². The summed E-state index contributed by atoms with van der Waals surface area (Å²) in [7, 11) is 1.53. The lowest BCUT2D eigenvalue weighted by Gasteiger charge is -2.23. The van der Waals surface area contributed by atoms with Crippen LogP contribution in [0.3, 0.4) is 0 Å². The molecule has 2 heterocycles. The molecule has 7 nitrogen and oxygen atoms in total. The molecule has 5 rings (SSSR count). The first-order chi connectivity index (χ1) is 16.4. The van der Waals surface area contributed by atoms with E-state index in [2.05, 4.69) is 4.98 Å². The highest BCUT2D eigenvalue weighted by atomic mass is 32.1. The maximum Gasteiger partial charge on any atom is 0.301 e. The third-order valence-electron chi connectivity index (χ3n) is 5.73. The number of methoxy groups -OCH3 is 1. The Kier molecular flexibility index (Phi) is 5.30. The van der Waals surface area contributed by atoms with E-state index >= 15 is 0 Å². The zero-order valence-electron chi connectivity index (χ0n) is 18.4. The Morgan fingerprint density at radius 3 is 2.53 bits per heavy atom. The molecule has 0 radical (unpaired) electrons. The first-order valence-electron chi connectivity index (χ1n) is 10.5. The number of fused-ring (bicyclic) bond motifs is 1. The molecular formula is C26H20N2O5S. The van der Waals surface area contributed by atoms with Gasteiger partial charge in [0.1, 0.15) is 17.3 Å². The maximum absolute atomic E-state index is 13.3. The van der Waals surface area contributed by atoms with Gasteiger partial charge in [-0.1, -0.05) is 29.5 Å². The van der Waals surface area contributed by atoms with E-state index < -0.39 is 17.7 Å². The number of carbonyl (C=O) groups excluding carboxylic acids is 2. The Bertz CT molecular complexity index is 1470. The van der Waals surface area contributed by atoms with Gasteiger partial charge in [0.15, 0.2) is 5.13 Å². The van der Waals surface area contributed by atoms with Gasteiger partial charge in [-0.2, -0.15) is 0 Å². The minimum Gasteiger partial charge on any atom is -0.508 e. The molecular weight excluding hydrogens is 452 g/mol. The molecule has 2 N–H and O–H groups in total. The van der Waals surface area contributed by atoms with E-state index in [1.54, 1.807) is 36.4 Å². The van der Waals surface area contributed by atoms with Crippen LogP contribution in [0.2, 0.25) is 0 Å². The number of ketones is 1. The molecule has 4 aromatic rings. The van der Waals surface area contributed by atoms with Crippen LogP contribution >= 0.6 is 11.3 Å². The highest BCUT2D eigenvalue weighted by Crippen LogP contribution is 2.44. The van der Waals surface area contributed by atoms with Gasteiger partial charge in [-0.3, -0.25) is 14.5 Å². The number of ether oxygens (including phenoxy) is 1. The molecule has 0 bridgehead atoms. The molecule has 0 spiro atoms. The number of hydrogen-bond acceptors (Lipinski definition) is 7. The highest BCUT2D eigenvalue weighted by Gasteiger charge is 2.48. The van der Waals surface area contributed by atoms with E-state index in [4.69, 9.17) is 4.74 Å². The topological polar surface area (TPSA) is 100.0 Å². The van der Waals surface area contributed by atoms with Gasteiger partial charge in [-0.05, 0) is 66.6 Å². The molecule has 1 saturated heterocycles. The molecule has 170 valence electrons. The first kappa shape index (κ1) is 21.7. The normalized spacial score (nSPS) is 17.5. The van der Waals surface area contributed by atoms with Gasteiger partial charge in [-0.25, -0.2) is 4.98 Å². The van der Waals surface area contributed by atoms with Gasteiger partial charge >= 0.3 is 5.91 Å². The number of nitrogens with zero attached hydrogens (tertiary/aromatic N) is 2. The zero-order chi connectivity index (χ0) is 24.0. The Morgan fingerprint density at radius 1 is 1.06 bits per heavy atom. The standard InChI is InChI=1S/C26H20N2O5S/c1-14-6-11-19-20(12-14)34-26(27-19)28-22(16-4-3-5-17(29)13-16)21(24(31)25(28)32)23(30)15-7-9-18(33-2)10-8-15/h3-13,22,29-30H,1-2H3/b23-21+. The number of aliphatic hydroxyl groups excluding tert-OH is 1. The molecule has 1 atom stereocenters. The number of anilines is 1. The van der Waals surface area contributed by atoms with Gasteiger partial charge < -0.3 is 14.9 Å². The second kappa shape index (κ2) is 8.31. The van der Waals surface area contributed by atoms with Crippen molar-refractivity contribution in [3.8, 4) is 11.5 Å². The minimum absolute atomic E-state index is 0.0209. The number of benzene rings is 3. The first-order valence-corrected chi connectivity index (χ1v) is 11.3. The van der Waals surface area contributed by atoms with Gasteiger partial charge in [0.2, 0.25) is 0 Å². The van der Waals surface area contributed by atoms with Crippen LogP contribution in [-0.2, 0) is 9.59 Å². The molecule has 1 aliphatic heterocycles. The summed E-state index contributed by atoms with van der Waals surface area (Å²) in [5.74, 6) is -1.36. The summed E-state index contributed by atoms with van der Waals surface area (Å²) in [6, 6.07) is 17.6. The van der Waals surface area contributed by atoms with Gasteiger partial charge in [0, 0.05) is 5.56 Å². The summed E-state index contributed by atoms with van der Waals surface area (Å²) in [4.78, 5) is 32.4. The van der Waals surface area contributed by atoms with E-state index in [0.717, 1.165) is 10.3 Å². The molecule has 1 amide bonds. The largest absolute Gasteiger partial charge is 0.508 e. The van der Waals surface area contributed by atoms with E-state index in [9.17, 15) is 19.8 Å². The van der Waals surface area contributed by atoms with Crippen LogP contribution in [0.25, 0.3) is 16.0 Å². The number of phenols is 1. The summed E-state index contributed by atoms with van der Waals surface area (Å²) in [6.07, 6.45) is 0. The average Bonchev–Trinajstić information content (AvgIpc) is 3.36. The van der Waals surface area contributed by atoms with Crippen LogP contribution in [0.15, 0.2) is 72.3 Å². The van der Waals surface area contributed by atoms with Crippen molar-refractivity contribution >= 4 is 44.1 Å². The third kappa shape index (κ3) is 3.58. The Hall–Kier alpha value is -4.17. The van der Waals surface area contributed by atoms with Crippen molar-refractivity contribution in [2.24, 2.45) is 0 Å². The van der Waals surface area contributed by atoms with Crippen molar-refractivity contribution in [3.63, 3.8) is 0 Å². The number of thiazole rings is 1. The van der Waals surface area contributed by atoms with Crippen LogP contribution in [0.5, 0.6) is 11.5 Å². The third-order valence-corrected chi connectivity index (χ3v) is 6.75. The fourth-order valence-corrected chi connectivity index (χ4v) is 5.16. The number of aliphatic hydroxyl groups is 1. The van der Waals surface area contributed by atoms with Crippen molar-refractivity contribution in [2.75, 3.05) is 12.0 Å². The van der Waals surface area contributed by atoms with Gasteiger partial charge in [0.05, 0.1) is 28.9 Å². The number of Topliss-reactive ketones (excluding diaryl/α,β-unsaturated/α-hetero) is 1. The lowest BCUT2D eigenvalue weighted by molar-refractivity contribution is -0.132. The average molecular weight is 473 g/mol. The summed E-state index contributed by atoms with van der Waals surface area (Å²) in [6.45, 7) is 1.96. The summed E-state index contributed by atoms with van der Waals surface area (Å²) < 4.78 is 6.04. The van der Waals surface area contributed by atoms with Crippen molar-refractivity contribution < 1.29 is 24.5 Å².